The molecule has 1 heterocycles. The second-order valence-corrected chi connectivity index (χ2v) is 6.69. The summed E-state index contributed by atoms with van der Waals surface area (Å²) in [5, 5.41) is 10.6. The number of fused-ring (bicyclic) bond motifs is 1. The molecule has 22 heavy (non-hydrogen) atoms. The molecule has 0 aromatic heterocycles. The fourth-order valence-corrected chi connectivity index (χ4v) is 4.35. The quantitative estimate of drug-likeness (QED) is 0.680. The van der Waals surface area contributed by atoms with E-state index in [0.29, 0.717) is 16.3 Å². The maximum Gasteiger partial charge on any atom is 0.266 e. The van der Waals surface area contributed by atoms with E-state index in [1.54, 1.807) is 48.5 Å². The Morgan fingerprint density at radius 3 is 2.32 bits per heavy atom. The minimum atomic E-state index is -3.85. The lowest BCUT2D eigenvalue weighted by atomic mass is 10.1. The zero-order chi connectivity index (χ0) is 15.9. The highest BCUT2D eigenvalue weighted by molar-refractivity contribution is 7.93. The first-order chi connectivity index (χ1) is 10.4. The van der Waals surface area contributed by atoms with Crippen molar-refractivity contribution >= 4 is 21.6 Å². The Hall–Kier alpha value is -2.38. The van der Waals surface area contributed by atoms with Gasteiger partial charge in [-0.1, -0.05) is 36.4 Å². The Morgan fingerprint density at radius 1 is 1.09 bits per heavy atom. The SMILES string of the molecule is CC(=O)N(O)C1c2ccccc2S(=O)(=O)N1c1ccccc1. The first-order valence-corrected chi connectivity index (χ1v) is 8.05. The molecule has 114 valence electrons. The van der Waals surface area contributed by atoms with Crippen LogP contribution in [0.15, 0.2) is 59.5 Å². The normalized spacial score (nSPS) is 18.8. The van der Waals surface area contributed by atoms with Crippen LogP contribution < -0.4 is 4.31 Å². The predicted octanol–water partition coefficient (Wildman–Crippen LogP) is 2.13. The molecule has 1 atom stereocenters. The third kappa shape index (κ3) is 2.06. The molecule has 0 spiro atoms. The second-order valence-electron chi connectivity index (χ2n) is 4.91. The molecule has 6 nitrogen and oxygen atoms in total. The molecule has 0 fully saturated rings. The highest BCUT2D eigenvalue weighted by Crippen LogP contribution is 2.43. The van der Waals surface area contributed by atoms with Crippen LogP contribution in [0.25, 0.3) is 0 Å². The molecule has 1 amide bonds. The van der Waals surface area contributed by atoms with Crippen molar-refractivity contribution in [3.63, 3.8) is 0 Å². The Balaban J connectivity index is 2.25. The number of sulfonamides is 1. The largest absolute Gasteiger partial charge is 0.283 e. The fraction of sp³-hybridized carbons (Fsp3) is 0.133. The Bertz CT molecular complexity index is 820. The number of nitrogens with zero attached hydrogens (tertiary/aromatic N) is 2. The summed E-state index contributed by atoms with van der Waals surface area (Å²) in [5.41, 5.74) is 0.744. The van der Waals surface area contributed by atoms with E-state index < -0.39 is 22.1 Å². The molecule has 7 heteroatoms. The van der Waals surface area contributed by atoms with Gasteiger partial charge in [0.1, 0.15) is 0 Å². The van der Waals surface area contributed by atoms with E-state index in [4.69, 9.17) is 0 Å². The summed E-state index contributed by atoms with van der Waals surface area (Å²) in [6, 6.07) is 14.7. The molecule has 0 bridgehead atoms. The number of carbonyl (C=O) groups is 1. The average molecular weight is 318 g/mol. The first-order valence-electron chi connectivity index (χ1n) is 6.61. The lowest BCUT2D eigenvalue weighted by Gasteiger charge is -2.30. The number of anilines is 1. The second kappa shape index (κ2) is 5.11. The topological polar surface area (TPSA) is 77.9 Å². The number of amides is 1. The van der Waals surface area contributed by atoms with Crippen molar-refractivity contribution in [2.45, 2.75) is 18.0 Å². The van der Waals surface area contributed by atoms with Gasteiger partial charge in [0, 0.05) is 12.5 Å². The Kier molecular flexibility index (Phi) is 3.38. The summed E-state index contributed by atoms with van der Waals surface area (Å²) in [4.78, 5) is 11.7. The summed E-state index contributed by atoms with van der Waals surface area (Å²) in [6.07, 6.45) is -1.11. The van der Waals surface area contributed by atoms with Crippen LogP contribution in [0.5, 0.6) is 0 Å². The predicted molar refractivity (Wildman–Crippen MR) is 79.6 cm³/mol. The van der Waals surface area contributed by atoms with Gasteiger partial charge in [0.15, 0.2) is 6.17 Å². The van der Waals surface area contributed by atoms with E-state index in [2.05, 4.69) is 0 Å². The number of hydrogen-bond donors (Lipinski definition) is 1. The summed E-state index contributed by atoms with van der Waals surface area (Å²) >= 11 is 0. The van der Waals surface area contributed by atoms with Gasteiger partial charge in [0.2, 0.25) is 5.91 Å². The zero-order valence-corrected chi connectivity index (χ0v) is 12.6. The summed E-state index contributed by atoms with van der Waals surface area (Å²) in [6.45, 7) is 1.18. The number of carbonyl (C=O) groups excluding carboxylic acids is 1. The van der Waals surface area contributed by atoms with Gasteiger partial charge in [-0.05, 0) is 18.2 Å². The van der Waals surface area contributed by atoms with Crippen LogP contribution in [0.3, 0.4) is 0 Å². The van der Waals surface area contributed by atoms with Crippen molar-refractivity contribution in [3.8, 4) is 0 Å². The lowest BCUT2D eigenvalue weighted by Crippen LogP contribution is -2.40. The molecule has 0 radical (unpaired) electrons. The van der Waals surface area contributed by atoms with Gasteiger partial charge in [-0.25, -0.2) is 12.7 Å². The van der Waals surface area contributed by atoms with E-state index in [-0.39, 0.29) is 4.90 Å². The van der Waals surface area contributed by atoms with Crippen LogP contribution in [0, 0.1) is 0 Å². The molecule has 0 aliphatic carbocycles. The number of hydroxylamine groups is 2. The zero-order valence-electron chi connectivity index (χ0n) is 11.7. The fourth-order valence-electron chi connectivity index (χ4n) is 2.55. The van der Waals surface area contributed by atoms with Gasteiger partial charge < -0.3 is 0 Å². The van der Waals surface area contributed by atoms with Crippen molar-refractivity contribution in [2.24, 2.45) is 0 Å². The molecule has 0 saturated heterocycles. The minimum absolute atomic E-state index is 0.0872. The molecule has 3 rings (SSSR count). The molecular weight excluding hydrogens is 304 g/mol. The molecule has 1 aliphatic rings. The maximum absolute atomic E-state index is 12.8. The van der Waals surface area contributed by atoms with Crippen molar-refractivity contribution < 1.29 is 18.4 Å². The Labute approximate surface area is 128 Å². The van der Waals surface area contributed by atoms with Crippen molar-refractivity contribution in [1.29, 1.82) is 0 Å². The standard InChI is InChI=1S/C15H14N2O4S/c1-11(18)16(19)15-13-9-5-6-10-14(13)22(20,21)17(15)12-7-3-2-4-8-12/h2-10,15,19H,1H3. The van der Waals surface area contributed by atoms with Crippen molar-refractivity contribution in [2.75, 3.05) is 4.31 Å². The van der Waals surface area contributed by atoms with E-state index in [9.17, 15) is 18.4 Å². The van der Waals surface area contributed by atoms with Crippen molar-refractivity contribution in [1.82, 2.24) is 5.06 Å². The van der Waals surface area contributed by atoms with Crippen LogP contribution in [0.1, 0.15) is 18.7 Å². The van der Waals surface area contributed by atoms with Crippen LogP contribution in [0.4, 0.5) is 5.69 Å². The maximum atomic E-state index is 12.8. The average Bonchev–Trinajstić information content (AvgIpc) is 2.75. The molecule has 0 saturated carbocycles. The third-order valence-electron chi connectivity index (χ3n) is 3.52. The molecule has 1 aliphatic heterocycles. The highest BCUT2D eigenvalue weighted by Gasteiger charge is 2.46. The number of hydrogen-bond acceptors (Lipinski definition) is 4. The van der Waals surface area contributed by atoms with Gasteiger partial charge in [0.05, 0.1) is 10.6 Å². The molecule has 2 aromatic rings. The van der Waals surface area contributed by atoms with Gasteiger partial charge in [-0.2, -0.15) is 5.06 Å². The van der Waals surface area contributed by atoms with Crippen LogP contribution in [-0.4, -0.2) is 24.6 Å². The summed E-state index contributed by atoms with van der Waals surface area (Å²) < 4.78 is 26.7. The molecular formula is C15H14N2O4S. The smallest absolute Gasteiger partial charge is 0.266 e. The van der Waals surface area contributed by atoms with Crippen LogP contribution >= 0.6 is 0 Å². The van der Waals surface area contributed by atoms with Gasteiger partial charge in [-0.15, -0.1) is 0 Å². The van der Waals surface area contributed by atoms with E-state index in [1.807, 2.05) is 0 Å². The lowest BCUT2D eigenvalue weighted by molar-refractivity contribution is -0.172. The van der Waals surface area contributed by atoms with Crippen molar-refractivity contribution in [3.05, 3.63) is 60.2 Å². The van der Waals surface area contributed by atoms with Crippen LogP contribution in [-0.2, 0) is 14.8 Å². The molecule has 1 unspecified atom stereocenters. The number of para-hydroxylation sites is 1. The van der Waals surface area contributed by atoms with Gasteiger partial charge in [-0.3, -0.25) is 10.0 Å². The van der Waals surface area contributed by atoms with Crippen LogP contribution in [0.2, 0.25) is 0 Å². The Morgan fingerprint density at radius 2 is 1.68 bits per heavy atom. The first kappa shape index (κ1) is 14.6. The van der Waals surface area contributed by atoms with E-state index in [0.717, 1.165) is 4.31 Å². The summed E-state index contributed by atoms with van der Waals surface area (Å²) in [7, 11) is -3.85. The summed E-state index contributed by atoms with van der Waals surface area (Å²) in [5.74, 6) is -0.641. The van der Waals surface area contributed by atoms with Gasteiger partial charge >= 0.3 is 0 Å². The van der Waals surface area contributed by atoms with E-state index in [1.165, 1.54) is 13.0 Å². The van der Waals surface area contributed by atoms with E-state index >= 15 is 0 Å². The van der Waals surface area contributed by atoms with Gasteiger partial charge in [0.25, 0.3) is 10.0 Å². The highest BCUT2D eigenvalue weighted by atomic mass is 32.2. The number of rotatable bonds is 2. The monoisotopic (exact) mass is 318 g/mol. The minimum Gasteiger partial charge on any atom is -0.283 e. The number of benzene rings is 2. The molecule has 1 N–H and O–H groups in total. The third-order valence-corrected chi connectivity index (χ3v) is 5.38. The molecule has 2 aromatic carbocycles.